The van der Waals surface area contributed by atoms with Crippen molar-refractivity contribution in [1.82, 2.24) is 20.9 Å². The first-order valence-corrected chi connectivity index (χ1v) is 12.8. The van der Waals surface area contributed by atoms with Crippen LogP contribution < -0.4 is 20.7 Å². The number of benzene rings is 3. The number of amides is 3. The number of hydrogen-bond acceptors (Lipinski definition) is 4. The van der Waals surface area contributed by atoms with E-state index in [1.165, 1.54) is 4.90 Å². The van der Waals surface area contributed by atoms with E-state index in [4.69, 9.17) is 33.3 Å². The summed E-state index contributed by atoms with van der Waals surface area (Å²) in [6.45, 7) is 2.75. The molecule has 1 atom stereocenters. The number of carbonyl (C=O) groups excluding carboxylic acids is 2. The number of hydrogen-bond donors (Lipinski definition) is 4. The molecule has 198 valence electrons. The highest BCUT2D eigenvalue weighted by atomic mass is 35.5. The average Bonchev–Trinajstić information content (AvgIpc) is 3.11. The van der Waals surface area contributed by atoms with Crippen molar-refractivity contribution in [1.29, 1.82) is 5.41 Å². The molecule has 1 fully saturated rings. The molecule has 3 aromatic rings. The highest BCUT2D eigenvalue weighted by Crippen LogP contribution is 2.26. The standard InChI is InChI=1S/C28H29Cl2N5O3/c1-28(14-20-4-3-5-22(12-20)38-2)25(36)35(26(31)34-28)17-19-8-6-18(7-9-19)15-32-27(37)33-16-21-10-11-23(29)24(30)13-21/h3-13H,14-17H2,1-2H3,(H2,31,34)(H2,32,33,37). The zero-order valence-electron chi connectivity index (χ0n) is 21.1. The van der Waals surface area contributed by atoms with E-state index in [0.29, 0.717) is 29.6 Å². The Morgan fingerprint density at radius 1 is 0.947 bits per heavy atom. The molecule has 8 nitrogen and oxygen atoms in total. The number of urea groups is 1. The highest BCUT2D eigenvalue weighted by Gasteiger charge is 2.45. The predicted molar refractivity (Wildman–Crippen MR) is 148 cm³/mol. The van der Waals surface area contributed by atoms with Crippen molar-refractivity contribution in [2.45, 2.75) is 38.5 Å². The fourth-order valence-electron chi connectivity index (χ4n) is 4.26. The third-order valence-corrected chi connectivity index (χ3v) is 7.07. The second-order valence-electron chi connectivity index (χ2n) is 9.33. The van der Waals surface area contributed by atoms with E-state index in [-0.39, 0.29) is 24.4 Å². The Morgan fingerprint density at radius 2 is 1.61 bits per heavy atom. The summed E-state index contributed by atoms with van der Waals surface area (Å²) in [4.78, 5) is 26.9. The molecule has 3 aromatic carbocycles. The number of guanidine groups is 1. The molecule has 0 radical (unpaired) electrons. The molecule has 1 heterocycles. The minimum Gasteiger partial charge on any atom is -0.497 e. The quantitative estimate of drug-likeness (QED) is 0.303. The average molecular weight is 554 g/mol. The molecule has 0 aliphatic carbocycles. The summed E-state index contributed by atoms with van der Waals surface area (Å²) >= 11 is 11.9. The zero-order chi connectivity index (χ0) is 27.3. The maximum Gasteiger partial charge on any atom is 0.315 e. The van der Waals surface area contributed by atoms with Gasteiger partial charge in [-0.3, -0.25) is 15.1 Å². The number of nitrogens with one attached hydrogen (secondary N) is 4. The van der Waals surface area contributed by atoms with Gasteiger partial charge < -0.3 is 20.7 Å². The summed E-state index contributed by atoms with van der Waals surface area (Å²) in [7, 11) is 1.60. The van der Waals surface area contributed by atoms with E-state index in [1.54, 1.807) is 25.3 Å². The van der Waals surface area contributed by atoms with Crippen LogP contribution in [0.25, 0.3) is 0 Å². The minimum absolute atomic E-state index is 0.0739. The minimum atomic E-state index is -0.919. The Kier molecular flexibility index (Phi) is 8.44. The number of carbonyl (C=O) groups is 2. The summed E-state index contributed by atoms with van der Waals surface area (Å²) in [6.07, 6.45) is 0.430. The Hall–Kier alpha value is -3.75. The van der Waals surface area contributed by atoms with E-state index in [2.05, 4.69) is 16.0 Å². The van der Waals surface area contributed by atoms with Gasteiger partial charge in [-0.15, -0.1) is 0 Å². The van der Waals surface area contributed by atoms with E-state index >= 15 is 0 Å². The summed E-state index contributed by atoms with van der Waals surface area (Å²) in [5, 5.41) is 17.9. The monoisotopic (exact) mass is 553 g/mol. The molecule has 4 N–H and O–H groups in total. The van der Waals surface area contributed by atoms with Gasteiger partial charge in [0.2, 0.25) is 0 Å². The molecule has 4 rings (SSSR count). The Morgan fingerprint density at radius 3 is 2.29 bits per heavy atom. The lowest BCUT2D eigenvalue weighted by Gasteiger charge is -2.22. The van der Waals surface area contributed by atoms with Crippen LogP contribution in [0.1, 0.15) is 29.2 Å². The Bertz CT molecular complexity index is 1350. The maximum absolute atomic E-state index is 13.3. The molecule has 1 aliphatic heterocycles. The van der Waals surface area contributed by atoms with Gasteiger partial charge in [-0.2, -0.15) is 0 Å². The highest BCUT2D eigenvalue weighted by molar-refractivity contribution is 6.42. The number of nitrogens with zero attached hydrogens (tertiary/aromatic N) is 1. The van der Waals surface area contributed by atoms with Crippen LogP contribution in [-0.4, -0.2) is 35.4 Å². The molecule has 0 bridgehead atoms. The first kappa shape index (κ1) is 27.3. The molecule has 1 saturated heterocycles. The second kappa shape index (κ2) is 11.8. The first-order valence-electron chi connectivity index (χ1n) is 12.0. The van der Waals surface area contributed by atoms with Crippen LogP contribution in [-0.2, 0) is 30.8 Å². The number of methoxy groups -OCH3 is 1. The predicted octanol–water partition coefficient (Wildman–Crippen LogP) is 4.87. The third-order valence-electron chi connectivity index (χ3n) is 6.33. The molecule has 1 aliphatic rings. The third kappa shape index (κ3) is 6.57. The summed E-state index contributed by atoms with van der Waals surface area (Å²) in [6, 6.07) is 20.0. The molecule has 0 saturated carbocycles. The van der Waals surface area contributed by atoms with Gasteiger partial charge in [0.15, 0.2) is 5.96 Å². The normalized spacial score (nSPS) is 16.8. The van der Waals surface area contributed by atoms with Crippen molar-refractivity contribution >= 4 is 41.1 Å². The number of ether oxygens (including phenoxy) is 1. The van der Waals surface area contributed by atoms with Gasteiger partial charge in [0.1, 0.15) is 11.3 Å². The van der Waals surface area contributed by atoms with Crippen molar-refractivity contribution in [3.63, 3.8) is 0 Å². The molecular weight excluding hydrogens is 525 g/mol. The van der Waals surface area contributed by atoms with E-state index < -0.39 is 5.54 Å². The van der Waals surface area contributed by atoms with Crippen molar-refractivity contribution < 1.29 is 14.3 Å². The fourth-order valence-corrected chi connectivity index (χ4v) is 4.59. The molecule has 3 amide bonds. The van der Waals surface area contributed by atoms with Crippen LogP contribution in [0.5, 0.6) is 5.75 Å². The largest absolute Gasteiger partial charge is 0.497 e. The molecule has 1 unspecified atom stereocenters. The summed E-state index contributed by atoms with van der Waals surface area (Å²) in [5.74, 6) is 0.640. The Labute approximate surface area is 231 Å². The van der Waals surface area contributed by atoms with Crippen LogP contribution in [0.4, 0.5) is 4.79 Å². The van der Waals surface area contributed by atoms with Gasteiger partial charge in [-0.25, -0.2) is 4.79 Å². The lowest BCUT2D eigenvalue weighted by molar-refractivity contribution is -0.130. The molecule has 0 spiro atoms. The van der Waals surface area contributed by atoms with Crippen LogP contribution in [0.15, 0.2) is 66.7 Å². The first-order chi connectivity index (χ1) is 18.2. The molecular formula is C28H29Cl2N5O3. The number of halogens is 2. The van der Waals surface area contributed by atoms with Gasteiger partial charge in [-0.05, 0) is 53.4 Å². The second-order valence-corrected chi connectivity index (χ2v) is 10.1. The summed E-state index contributed by atoms with van der Waals surface area (Å²) < 4.78 is 5.29. The maximum atomic E-state index is 13.3. The van der Waals surface area contributed by atoms with E-state index in [9.17, 15) is 9.59 Å². The van der Waals surface area contributed by atoms with Crippen LogP contribution in [0, 0.1) is 5.41 Å². The Balaban J connectivity index is 1.29. The molecule has 10 heteroatoms. The van der Waals surface area contributed by atoms with Crippen molar-refractivity contribution in [2.24, 2.45) is 0 Å². The van der Waals surface area contributed by atoms with E-state index in [1.807, 2.05) is 55.5 Å². The van der Waals surface area contributed by atoms with Gasteiger partial charge in [-0.1, -0.05) is 65.7 Å². The molecule has 38 heavy (non-hydrogen) atoms. The van der Waals surface area contributed by atoms with Gasteiger partial charge in [0, 0.05) is 19.5 Å². The topological polar surface area (TPSA) is 107 Å². The van der Waals surface area contributed by atoms with Crippen LogP contribution in [0.3, 0.4) is 0 Å². The van der Waals surface area contributed by atoms with Crippen LogP contribution >= 0.6 is 23.2 Å². The number of rotatable bonds is 9. The van der Waals surface area contributed by atoms with E-state index in [0.717, 1.165) is 28.0 Å². The van der Waals surface area contributed by atoms with Crippen LogP contribution in [0.2, 0.25) is 10.0 Å². The zero-order valence-corrected chi connectivity index (χ0v) is 22.6. The van der Waals surface area contributed by atoms with Gasteiger partial charge in [0.25, 0.3) is 5.91 Å². The van der Waals surface area contributed by atoms with Gasteiger partial charge in [0.05, 0.1) is 23.7 Å². The smallest absolute Gasteiger partial charge is 0.315 e. The van der Waals surface area contributed by atoms with Crippen molar-refractivity contribution in [2.75, 3.05) is 7.11 Å². The SMILES string of the molecule is COc1cccc(CC2(C)NC(=N)N(Cc3ccc(CNC(=O)NCc4ccc(Cl)c(Cl)c4)cc3)C2=O)c1. The van der Waals surface area contributed by atoms with Gasteiger partial charge >= 0.3 is 6.03 Å². The lowest BCUT2D eigenvalue weighted by Crippen LogP contribution is -2.46. The summed E-state index contributed by atoms with van der Waals surface area (Å²) in [5.41, 5.74) is 2.65. The molecule has 0 aromatic heterocycles. The fraction of sp³-hybridized carbons (Fsp3) is 0.250. The van der Waals surface area contributed by atoms with Crippen molar-refractivity contribution in [3.8, 4) is 5.75 Å². The lowest BCUT2D eigenvalue weighted by atomic mass is 9.92. The van der Waals surface area contributed by atoms with Crippen molar-refractivity contribution in [3.05, 3.63) is 99.0 Å².